The van der Waals surface area contributed by atoms with Crippen molar-refractivity contribution in [2.24, 2.45) is 13.0 Å². The van der Waals surface area contributed by atoms with Crippen LogP contribution < -0.4 is 4.90 Å². The SMILES string of the molecule is CCc1nccn1CC1CN(c2ncnc3c2cnn3C)C1. The van der Waals surface area contributed by atoms with Gasteiger partial charge in [-0.3, -0.25) is 4.68 Å². The second-order valence-corrected chi connectivity index (χ2v) is 5.82. The predicted molar refractivity (Wildman–Crippen MR) is 83.6 cm³/mol. The van der Waals surface area contributed by atoms with Crippen molar-refractivity contribution in [3.8, 4) is 0 Å². The van der Waals surface area contributed by atoms with Crippen LogP contribution in [0.2, 0.25) is 0 Å². The van der Waals surface area contributed by atoms with Gasteiger partial charge in [-0.2, -0.15) is 5.10 Å². The monoisotopic (exact) mass is 297 g/mol. The van der Waals surface area contributed by atoms with Crippen molar-refractivity contribution in [3.05, 3.63) is 30.7 Å². The van der Waals surface area contributed by atoms with Crippen LogP contribution >= 0.6 is 0 Å². The number of hydrogen-bond donors (Lipinski definition) is 0. The van der Waals surface area contributed by atoms with Crippen molar-refractivity contribution in [2.75, 3.05) is 18.0 Å². The molecule has 114 valence electrons. The number of hydrogen-bond acceptors (Lipinski definition) is 5. The summed E-state index contributed by atoms with van der Waals surface area (Å²) in [4.78, 5) is 15.4. The molecule has 0 atom stereocenters. The molecule has 3 aromatic rings. The predicted octanol–water partition coefficient (Wildman–Crippen LogP) is 1.26. The molecule has 3 aromatic heterocycles. The molecule has 0 aromatic carbocycles. The zero-order valence-corrected chi connectivity index (χ0v) is 12.8. The highest BCUT2D eigenvalue weighted by atomic mass is 15.3. The Hall–Kier alpha value is -2.44. The quantitative estimate of drug-likeness (QED) is 0.725. The molecular weight excluding hydrogens is 278 g/mol. The maximum absolute atomic E-state index is 4.45. The zero-order chi connectivity index (χ0) is 15.1. The van der Waals surface area contributed by atoms with Crippen LogP contribution in [0, 0.1) is 5.92 Å². The van der Waals surface area contributed by atoms with Gasteiger partial charge in [0.15, 0.2) is 5.65 Å². The number of fused-ring (bicyclic) bond motifs is 1. The highest BCUT2D eigenvalue weighted by Gasteiger charge is 2.30. The fourth-order valence-electron chi connectivity index (χ4n) is 3.16. The lowest BCUT2D eigenvalue weighted by Gasteiger charge is -2.40. The number of aryl methyl sites for hydroxylation is 2. The van der Waals surface area contributed by atoms with E-state index in [2.05, 4.69) is 42.6 Å². The minimum Gasteiger partial charge on any atom is -0.355 e. The van der Waals surface area contributed by atoms with Crippen LogP contribution in [0.1, 0.15) is 12.7 Å². The molecule has 7 heteroatoms. The van der Waals surface area contributed by atoms with E-state index in [1.807, 2.05) is 19.4 Å². The Bertz CT molecular complexity index is 797. The summed E-state index contributed by atoms with van der Waals surface area (Å²) in [5.41, 5.74) is 0.885. The Morgan fingerprint density at radius 3 is 2.91 bits per heavy atom. The Balaban J connectivity index is 1.48. The van der Waals surface area contributed by atoms with Crippen LogP contribution in [-0.2, 0) is 20.0 Å². The van der Waals surface area contributed by atoms with E-state index in [9.17, 15) is 0 Å². The Morgan fingerprint density at radius 2 is 2.09 bits per heavy atom. The van der Waals surface area contributed by atoms with Crippen LogP contribution in [0.4, 0.5) is 5.82 Å². The molecular formula is C15H19N7. The molecule has 1 fully saturated rings. The fourth-order valence-corrected chi connectivity index (χ4v) is 3.16. The summed E-state index contributed by atoms with van der Waals surface area (Å²) in [6, 6.07) is 0. The highest BCUT2D eigenvalue weighted by molar-refractivity contribution is 5.86. The number of nitrogens with zero attached hydrogens (tertiary/aromatic N) is 7. The summed E-state index contributed by atoms with van der Waals surface area (Å²) in [5.74, 6) is 2.80. The molecule has 0 aliphatic carbocycles. The molecule has 0 saturated carbocycles. The van der Waals surface area contributed by atoms with Crippen LogP contribution in [-0.4, -0.2) is 42.4 Å². The topological polar surface area (TPSA) is 64.7 Å². The molecule has 22 heavy (non-hydrogen) atoms. The first-order valence-corrected chi connectivity index (χ1v) is 7.64. The molecule has 0 bridgehead atoms. The lowest BCUT2D eigenvalue weighted by atomic mass is 9.99. The summed E-state index contributed by atoms with van der Waals surface area (Å²) in [6.45, 7) is 5.21. The smallest absolute Gasteiger partial charge is 0.163 e. The van der Waals surface area contributed by atoms with Crippen LogP contribution in [0.25, 0.3) is 11.0 Å². The maximum atomic E-state index is 4.45. The number of aromatic nitrogens is 6. The van der Waals surface area contributed by atoms with Gasteiger partial charge in [0.05, 0.1) is 11.6 Å². The van der Waals surface area contributed by atoms with Crippen LogP contribution in [0.5, 0.6) is 0 Å². The van der Waals surface area contributed by atoms with Gasteiger partial charge in [0.2, 0.25) is 0 Å². The van der Waals surface area contributed by atoms with Crippen molar-refractivity contribution < 1.29 is 0 Å². The average molecular weight is 297 g/mol. The minimum atomic E-state index is 0.640. The lowest BCUT2D eigenvalue weighted by molar-refractivity contribution is 0.351. The van der Waals surface area contributed by atoms with E-state index < -0.39 is 0 Å². The Kier molecular flexibility index (Phi) is 3.06. The molecule has 0 unspecified atom stereocenters. The third-order valence-electron chi connectivity index (χ3n) is 4.34. The minimum absolute atomic E-state index is 0.640. The van der Waals surface area contributed by atoms with E-state index in [4.69, 9.17) is 0 Å². The number of anilines is 1. The van der Waals surface area contributed by atoms with Gasteiger partial charge in [-0.1, -0.05) is 6.92 Å². The van der Waals surface area contributed by atoms with Crippen molar-refractivity contribution in [1.29, 1.82) is 0 Å². The summed E-state index contributed by atoms with van der Waals surface area (Å²) in [7, 11) is 1.91. The lowest BCUT2D eigenvalue weighted by Crippen LogP contribution is -2.49. The van der Waals surface area contributed by atoms with Gasteiger partial charge in [-0.15, -0.1) is 0 Å². The molecule has 0 spiro atoms. The van der Waals surface area contributed by atoms with Gasteiger partial charge in [0.1, 0.15) is 18.0 Å². The van der Waals surface area contributed by atoms with E-state index in [-0.39, 0.29) is 0 Å². The third kappa shape index (κ3) is 2.04. The van der Waals surface area contributed by atoms with E-state index in [1.54, 1.807) is 11.0 Å². The fraction of sp³-hybridized carbons (Fsp3) is 0.467. The zero-order valence-electron chi connectivity index (χ0n) is 12.8. The van der Waals surface area contributed by atoms with Gasteiger partial charge in [-0.25, -0.2) is 15.0 Å². The van der Waals surface area contributed by atoms with Gasteiger partial charge in [-0.05, 0) is 0 Å². The second-order valence-electron chi connectivity index (χ2n) is 5.82. The first-order valence-electron chi connectivity index (χ1n) is 7.64. The van der Waals surface area contributed by atoms with Gasteiger partial charge in [0.25, 0.3) is 0 Å². The van der Waals surface area contributed by atoms with Crippen molar-refractivity contribution in [3.63, 3.8) is 0 Å². The van der Waals surface area contributed by atoms with E-state index >= 15 is 0 Å². The number of imidazole rings is 1. The molecule has 0 amide bonds. The third-order valence-corrected chi connectivity index (χ3v) is 4.34. The molecule has 1 aliphatic rings. The summed E-state index contributed by atoms with van der Waals surface area (Å²) in [6.07, 6.45) is 8.41. The average Bonchev–Trinajstić information content (AvgIpc) is 3.09. The number of rotatable bonds is 4. The molecule has 0 N–H and O–H groups in total. The largest absolute Gasteiger partial charge is 0.355 e. The standard InChI is InChI=1S/C15H19N7/c1-3-13-16-4-5-21(13)7-11-8-22(9-11)15-12-6-19-20(2)14(12)17-10-18-15/h4-6,10-11H,3,7-9H2,1-2H3. The van der Waals surface area contributed by atoms with Crippen molar-refractivity contribution in [2.45, 2.75) is 19.9 Å². The highest BCUT2D eigenvalue weighted by Crippen LogP contribution is 2.29. The molecule has 1 aliphatic heterocycles. The van der Waals surface area contributed by atoms with Gasteiger partial charge in [0, 0.05) is 51.4 Å². The van der Waals surface area contributed by atoms with Crippen LogP contribution in [0.15, 0.2) is 24.9 Å². The first kappa shape index (κ1) is 13.2. The Labute approximate surface area is 128 Å². The summed E-state index contributed by atoms with van der Waals surface area (Å²) < 4.78 is 4.05. The van der Waals surface area contributed by atoms with E-state index in [1.165, 1.54) is 0 Å². The molecule has 4 heterocycles. The molecule has 1 saturated heterocycles. The maximum Gasteiger partial charge on any atom is 0.163 e. The Morgan fingerprint density at radius 1 is 1.23 bits per heavy atom. The van der Waals surface area contributed by atoms with Gasteiger partial charge >= 0.3 is 0 Å². The molecule has 4 rings (SSSR count). The normalized spacial score (nSPS) is 15.5. The van der Waals surface area contributed by atoms with Crippen molar-refractivity contribution >= 4 is 16.9 Å². The van der Waals surface area contributed by atoms with Crippen molar-refractivity contribution in [1.82, 2.24) is 29.3 Å². The molecule has 7 nitrogen and oxygen atoms in total. The first-order chi connectivity index (χ1) is 10.8. The summed E-state index contributed by atoms with van der Waals surface area (Å²) >= 11 is 0. The van der Waals surface area contributed by atoms with Crippen LogP contribution in [0.3, 0.4) is 0 Å². The van der Waals surface area contributed by atoms with Gasteiger partial charge < -0.3 is 9.47 Å². The van der Waals surface area contributed by atoms with E-state index in [0.717, 1.165) is 48.7 Å². The van der Waals surface area contributed by atoms with E-state index in [0.29, 0.717) is 5.92 Å². The summed E-state index contributed by atoms with van der Waals surface area (Å²) in [5, 5.41) is 5.30. The molecule has 0 radical (unpaired) electrons. The second kappa shape index (κ2) is 5.08.